The first-order valence-electron chi connectivity index (χ1n) is 7.60. The van der Waals surface area contributed by atoms with Gasteiger partial charge in [0, 0.05) is 30.1 Å². The Hall–Kier alpha value is -1.75. The van der Waals surface area contributed by atoms with Crippen molar-refractivity contribution in [1.29, 1.82) is 0 Å². The standard InChI is InChI=1S/C18H19ClN2O2.ClH/c19-14-7-4-8-15(9-14)23-12-18(22)21-10-16(17(20)11-21)13-5-2-1-3-6-13;/h1-9,16-17H,10-12,20H2;1H/t16-,17+;/m0./s1. The average molecular weight is 367 g/mol. The van der Waals surface area contributed by atoms with E-state index < -0.39 is 0 Å². The lowest BCUT2D eigenvalue weighted by Crippen LogP contribution is -2.35. The van der Waals surface area contributed by atoms with E-state index in [0.29, 0.717) is 23.9 Å². The van der Waals surface area contributed by atoms with Crippen molar-refractivity contribution in [2.75, 3.05) is 19.7 Å². The fourth-order valence-corrected chi connectivity index (χ4v) is 3.06. The highest BCUT2D eigenvalue weighted by Crippen LogP contribution is 2.26. The molecule has 6 heteroatoms. The van der Waals surface area contributed by atoms with Gasteiger partial charge in [0.1, 0.15) is 5.75 Å². The Morgan fingerprint density at radius 2 is 1.92 bits per heavy atom. The SMILES string of the molecule is Cl.N[C@@H]1CN(C(=O)COc2cccc(Cl)c2)C[C@H]1c1ccccc1. The minimum atomic E-state index is -0.0566. The Bertz CT molecular complexity index is 682. The maximum Gasteiger partial charge on any atom is 0.260 e. The molecule has 128 valence electrons. The van der Waals surface area contributed by atoms with Crippen LogP contribution >= 0.6 is 24.0 Å². The number of benzene rings is 2. The molecule has 2 N–H and O–H groups in total. The second-order valence-corrected chi connectivity index (χ2v) is 6.16. The van der Waals surface area contributed by atoms with Gasteiger partial charge in [-0.25, -0.2) is 0 Å². The van der Waals surface area contributed by atoms with Gasteiger partial charge in [-0.15, -0.1) is 12.4 Å². The average Bonchev–Trinajstić information content (AvgIpc) is 2.95. The second-order valence-electron chi connectivity index (χ2n) is 5.73. The van der Waals surface area contributed by atoms with Gasteiger partial charge in [-0.2, -0.15) is 0 Å². The van der Waals surface area contributed by atoms with Gasteiger partial charge < -0.3 is 15.4 Å². The van der Waals surface area contributed by atoms with Crippen LogP contribution in [0.1, 0.15) is 11.5 Å². The summed E-state index contributed by atoms with van der Waals surface area (Å²) in [6.45, 7) is 1.18. The third-order valence-corrected chi connectivity index (χ3v) is 4.34. The van der Waals surface area contributed by atoms with Crippen LogP contribution < -0.4 is 10.5 Å². The van der Waals surface area contributed by atoms with Gasteiger partial charge in [-0.3, -0.25) is 4.79 Å². The molecule has 3 rings (SSSR count). The summed E-state index contributed by atoms with van der Waals surface area (Å²) in [5, 5.41) is 0.585. The largest absolute Gasteiger partial charge is 0.484 e. The van der Waals surface area contributed by atoms with E-state index in [0.717, 1.165) is 0 Å². The lowest BCUT2D eigenvalue weighted by atomic mass is 9.95. The maximum absolute atomic E-state index is 12.3. The lowest BCUT2D eigenvalue weighted by molar-refractivity contribution is -0.132. The minimum absolute atomic E-state index is 0. The van der Waals surface area contributed by atoms with E-state index in [-0.39, 0.29) is 36.9 Å². The Kier molecular flexibility index (Phi) is 6.49. The van der Waals surface area contributed by atoms with Crippen LogP contribution in [0, 0.1) is 0 Å². The molecule has 1 aliphatic heterocycles. The first-order chi connectivity index (χ1) is 11.1. The monoisotopic (exact) mass is 366 g/mol. The van der Waals surface area contributed by atoms with Crippen molar-refractivity contribution in [3.63, 3.8) is 0 Å². The summed E-state index contributed by atoms with van der Waals surface area (Å²) >= 11 is 5.90. The molecule has 1 heterocycles. The molecular formula is C18H20Cl2N2O2. The number of hydrogen-bond acceptors (Lipinski definition) is 3. The van der Waals surface area contributed by atoms with Gasteiger partial charge in [0.15, 0.2) is 6.61 Å². The van der Waals surface area contributed by atoms with E-state index in [2.05, 4.69) is 12.1 Å². The number of ether oxygens (including phenoxy) is 1. The Morgan fingerprint density at radius 3 is 2.62 bits per heavy atom. The molecule has 0 radical (unpaired) electrons. The van der Waals surface area contributed by atoms with Gasteiger partial charge in [-0.05, 0) is 23.8 Å². The topological polar surface area (TPSA) is 55.6 Å². The van der Waals surface area contributed by atoms with Crippen LogP contribution in [-0.4, -0.2) is 36.5 Å². The third kappa shape index (κ3) is 4.41. The minimum Gasteiger partial charge on any atom is -0.484 e. The Morgan fingerprint density at radius 1 is 1.17 bits per heavy atom. The lowest BCUT2D eigenvalue weighted by Gasteiger charge is -2.17. The predicted molar refractivity (Wildman–Crippen MR) is 97.9 cm³/mol. The zero-order valence-electron chi connectivity index (χ0n) is 13.1. The molecule has 2 aromatic carbocycles. The molecule has 2 aromatic rings. The van der Waals surface area contributed by atoms with E-state index in [4.69, 9.17) is 22.1 Å². The van der Waals surface area contributed by atoms with Crippen molar-refractivity contribution in [2.45, 2.75) is 12.0 Å². The first kappa shape index (κ1) is 18.6. The normalized spacial score (nSPS) is 19.7. The second kappa shape index (κ2) is 8.38. The van der Waals surface area contributed by atoms with Crippen molar-refractivity contribution < 1.29 is 9.53 Å². The van der Waals surface area contributed by atoms with Gasteiger partial charge in [-0.1, -0.05) is 48.0 Å². The molecule has 24 heavy (non-hydrogen) atoms. The summed E-state index contributed by atoms with van der Waals surface area (Å²) in [7, 11) is 0. The molecule has 1 amide bonds. The molecule has 0 aliphatic carbocycles. The van der Waals surface area contributed by atoms with Crippen LogP contribution in [0.25, 0.3) is 0 Å². The molecule has 0 unspecified atom stereocenters. The molecule has 0 saturated carbocycles. The molecular weight excluding hydrogens is 347 g/mol. The number of hydrogen-bond donors (Lipinski definition) is 1. The number of rotatable bonds is 4. The molecule has 1 saturated heterocycles. The number of amides is 1. The van der Waals surface area contributed by atoms with Crippen LogP contribution in [-0.2, 0) is 4.79 Å². The van der Waals surface area contributed by atoms with Gasteiger partial charge >= 0.3 is 0 Å². The van der Waals surface area contributed by atoms with Gasteiger partial charge in [0.25, 0.3) is 5.91 Å². The van der Waals surface area contributed by atoms with Crippen LogP contribution in [0.15, 0.2) is 54.6 Å². The highest BCUT2D eigenvalue weighted by molar-refractivity contribution is 6.30. The molecule has 4 nitrogen and oxygen atoms in total. The number of carbonyl (C=O) groups is 1. The van der Waals surface area contributed by atoms with Crippen molar-refractivity contribution in [2.24, 2.45) is 5.73 Å². The van der Waals surface area contributed by atoms with Crippen LogP contribution in [0.2, 0.25) is 5.02 Å². The highest BCUT2D eigenvalue weighted by atomic mass is 35.5. The number of nitrogens with two attached hydrogens (primary N) is 1. The first-order valence-corrected chi connectivity index (χ1v) is 7.98. The fraction of sp³-hybridized carbons (Fsp3) is 0.278. The highest BCUT2D eigenvalue weighted by Gasteiger charge is 2.33. The predicted octanol–water partition coefficient (Wildman–Crippen LogP) is 3.09. The van der Waals surface area contributed by atoms with Gasteiger partial charge in [0.2, 0.25) is 0 Å². The zero-order valence-corrected chi connectivity index (χ0v) is 14.7. The molecule has 1 aliphatic rings. The molecule has 1 fully saturated rings. The van der Waals surface area contributed by atoms with Crippen molar-refractivity contribution >= 4 is 29.9 Å². The smallest absolute Gasteiger partial charge is 0.260 e. The summed E-state index contributed by atoms with van der Waals surface area (Å²) in [5.74, 6) is 0.708. The number of carbonyl (C=O) groups excluding carboxylic acids is 1. The van der Waals surface area contributed by atoms with Crippen molar-refractivity contribution in [3.05, 3.63) is 65.2 Å². The Labute approximate surface area is 153 Å². The van der Waals surface area contributed by atoms with Crippen LogP contribution in [0.3, 0.4) is 0 Å². The third-order valence-electron chi connectivity index (χ3n) is 4.10. The molecule has 0 aromatic heterocycles. The quantitative estimate of drug-likeness (QED) is 0.904. The summed E-state index contributed by atoms with van der Waals surface area (Å²) in [6, 6.07) is 17.1. The Balaban J connectivity index is 0.00000208. The molecule has 2 atom stereocenters. The number of nitrogens with zero attached hydrogens (tertiary/aromatic N) is 1. The summed E-state index contributed by atoms with van der Waals surface area (Å²) in [4.78, 5) is 14.1. The molecule has 0 spiro atoms. The van der Waals surface area contributed by atoms with Crippen LogP contribution in [0.5, 0.6) is 5.75 Å². The van der Waals surface area contributed by atoms with E-state index in [1.54, 1.807) is 29.2 Å². The summed E-state index contributed by atoms with van der Waals surface area (Å²) in [5.41, 5.74) is 7.39. The van der Waals surface area contributed by atoms with E-state index in [9.17, 15) is 4.79 Å². The van der Waals surface area contributed by atoms with Crippen LogP contribution in [0.4, 0.5) is 0 Å². The van der Waals surface area contributed by atoms with E-state index in [1.165, 1.54) is 5.56 Å². The van der Waals surface area contributed by atoms with E-state index >= 15 is 0 Å². The summed E-state index contributed by atoms with van der Waals surface area (Å²) in [6.07, 6.45) is 0. The molecule has 0 bridgehead atoms. The maximum atomic E-state index is 12.3. The number of halogens is 2. The van der Waals surface area contributed by atoms with E-state index in [1.807, 2.05) is 18.2 Å². The zero-order chi connectivity index (χ0) is 16.2. The summed E-state index contributed by atoms with van der Waals surface area (Å²) < 4.78 is 5.52. The van der Waals surface area contributed by atoms with Gasteiger partial charge in [0.05, 0.1) is 0 Å². The van der Waals surface area contributed by atoms with Crippen molar-refractivity contribution in [3.8, 4) is 5.75 Å². The van der Waals surface area contributed by atoms with Crippen molar-refractivity contribution in [1.82, 2.24) is 4.90 Å². The number of likely N-dealkylation sites (tertiary alicyclic amines) is 1. The fourth-order valence-electron chi connectivity index (χ4n) is 2.88.